The highest BCUT2D eigenvalue weighted by molar-refractivity contribution is 8.01. The number of nitrogens with one attached hydrogen (secondary N) is 1. The van der Waals surface area contributed by atoms with E-state index in [1.165, 1.54) is 28.5 Å². The molecule has 1 unspecified atom stereocenters. The molecule has 0 radical (unpaired) electrons. The Morgan fingerprint density at radius 1 is 1.15 bits per heavy atom. The van der Waals surface area contributed by atoms with Crippen LogP contribution in [0.5, 0.6) is 5.19 Å². The number of ether oxygens (including phenoxy) is 1. The number of hydrogen-bond acceptors (Lipinski definition) is 6. The molecule has 5 nitrogen and oxygen atoms in total. The summed E-state index contributed by atoms with van der Waals surface area (Å²) in [4.78, 5) is 12.3. The number of hydrogen-bond donors (Lipinski definition) is 1. The van der Waals surface area contributed by atoms with E-state index in [0.29, 0.717) is 10.9 Å². The van der Waals surface area contributed by atoms with E-state index in [2.05, 4.69) is 39.8 Å². The summed E-state index contributed by atoms with van der Waals surface area (Å²) >= 11 is 2.73. The van der Waals surface area contributed by atoms with Crippen LogP contribution in [0.2, 0.25) is 0 Å². The number of thioether (sulfide) groups is 1. The molecule has 7 heteroatoms. The summed E-state index contributed by atoms with van der Waals surface area (Å²) in [6.45, 7) is 5.89. The summed E-state index contributed by atoms with van der Waals surface area (Å²) in [5.74, 6) is 0.266. The van der Waals surface area contributed by atoms with Crippen molar-refractivity contribution < 1.29 is 9.53 Å². The quantitative estimate of drug-likeness (QED) is 0.607. The number of rotatable bonds is 7. The van der Waals surface area contributed by atoms with E-state index in [-0.39, 0.29) is 18.1 Å². The van der Waals surface area contributed by atoms with Gasteiger partial charge in [-0.15, -0.1) is 5.10 Å². The molecule has 2 aromatic carbocycles. The minimum atomic E-state index is -0.0662. The lowest BCUT2D eigenvalue weighted by Crippen LogP contribution is -2.28. The van der Waals surface area contributed by atoms with Gasteiger partial charge in [-0.2, -0.15) is 0 Å². The third-order valence-electron chi connectivity index (χ3n) is 3.72. The van der Waals surface area contributed by atoms with E-state index < -0.39 is 0 Å². The Bertz CT molecular complexity index is 890. The molecule has 0 spiro atoms. The maximum absolute atomic E-state index is 12.3. The van der Waals surface area contributed by atoms with Gasteiger partial charge >= 0.3 is 0 Å². The highest BCUT2D eigenvalue weighted by Crippen LogP contribution is 2.28. The van der Waals surface area contributed by atoms with Crippen LogP contribution in [-0.2, 0) is 4.79 Å². The average molecular weight is 388 g/mol. The van der Waals surface area contributed by atoms with Crippen molar-refractivity contribution in [2.24, 2.45) is 0 Å². The summed E-state index contributed by atoms with van der Waals surface area (Å²) < 4.78 is 6.23. The second kappa shape index (κ2) is 8.51. The van der Waals surface area contributed by atoms with Crippen LogP contribution in [0.15, 0.2) is 46.8 Å². The zero-order valence-corrected chi connectivity index (χ0v) is 16.6. The Morgan fingerprint density at radius 2 is 1.92 bits per heavy atom. The molecule has 1 heterocycles. The summed E-state index contributed by atoms with van der Waals surface area (Å²) in [6, 6.07) is 14.3. The Kier molecular flexibility index (Phi) is 6.11. The van der Waals surface area contributed by atoms with Crippen molar-refractivity contribution in [1.29, 1.82) is 0 Å². The summed E-state index contributed by atoms with van der Waals surface area (Å²) in [5.41, 5.74) is 1.12. The molecule has 0 saturated carbocycles. The normalized spacial score (nSPS) is 12.3. The average Bonchev–Trinajstić information content (AvgIpc) is 3.06. The standard InChI is InChI=1S/C19H21N3O2S2/c1-12(2)24-18-21-22-19(26-18)25-11-17(23)20-13(3)15-10-6-8-14-7-4-5-9-16(14)15/h4-10,12-13H,11H2,1-3H3,(H,20,23). The minimum absolute atomic E-state index is 0.0306. The molecule has 3 aromatic rings. The molecule has 0 aliphatic rings. The first kappa shape index (κ1) is 18.7. The fourth-order valence-corrected chi connectivity index (χ4v) is 4.24. The Balaban J connectivity index is 1.58. The molecular formula is C19H21N3O2S2. The van der Waals surface area contributed by atoms with Crippen LogP contribution in [0.3, 0.4) is 0 Å². The lowest BCUT2D eigenvalue weighted by molar-refractivity contribution is -0.119. The summed E-state index contributed by atoms with van der Waals surface area (Å²) in [5, 5.41) is 13.9. The predicted octanol–water partition coefficient (Wildman–Crippen LogP) is 4.45. The van der Waals surface area contributed by atoms with Gasteiger partial charge in [0.05, 0.1) is 17.9 Å². The number of nitrogens with zero attached hydrogens (tertiary/aromatic N) is 2. The molecule has 1 atom stereocenters. The van der Waals surface area contributed by atoms with Crippen molar-refractivity contribution in [3.8, 4) is 5.19 Å². The first-order valence-electron chi connectivity index (χ1n) is 8.43. The van der Waals surface area contributed by atoms with Crippen molar-refractivity contribution in [1.82, 2.24) is 15.5 Å². The lowest BCUT2D eigenvalue weighted by atomic mass is 10.00. The van der Waals surface area contributed by atoms with E-state index in [0.717, 1.165) is 15.3 Å². The molecule has 0 aliphatic carbocycles. The second-order valence-electron chi connectivity index (χ2n) is 6.15. The molecule has 0 saturated heterocycles. The second-order valence-corrected chi connectivity index (χ2v) is 8.31. The smallest absolute Gasteiger partial charge is 0.295 e. The highest BCUT2D eigenvalue weighted by Gasteiger charge is 2.14. The van der Waals surface area contributed by atoms with Crippen LogP contribution in [0.1, 0.15) is 32.4 Å². The van der Waals surface area contributed by atoms with E-state index in [1.54, 1.807) is 0 Å². The molecule has 3 rings (SSSR count). The molecule has 1 amide bonds. The molecule has 0 bridgehead atoms. The first-order chi connectivity index (χ1) is 12.5. The predicted molar refractivity (Wildman–Crippen MR) is 107 cm³/mol. The van der Waals surface area contributed by atoms with E-state index in [4.69, 9.17) is 4.74 Å². The number of aromatic nitrogens is 2. The van der Waals surface area contributed by atoms with Gasteiger partial charge in [0.2, 0.25) is 5.91 Å². The number of amides is 1. The molecule has 1 aromatic heterocycles. The Labute approximate surface area is 161 Å². The lowest BCUT2D eigenvalue weighted by Gasteiger charge is -2.16. The van der Waals surface area contributed by atoms with Crippen LogP contribution < -0.4 is 10.1 Å². The van der Waals surface area contributed by atoms with Crippen molar-refractivity contribution in [3.63, 3.8) is 0 Å². The number of carbonyl (C=O) groups excluding carboxylic acids is 1. The van der Waals surface area contributed by atoms with Gasteiger partial charge in [-0.1, -0.05) is 59.3 Å². The van der Waals surface area contributed by atoms with Crippen molar-refractivity contribution in [2.45, 2.75) is 37.3 Å². The molecule has 1 N–H and O–H groups in total. The van der Waals surface area contributed by atoms with Gasteiger partial charge in [-0.25, -0.2) is 0 Å². The van der Waals surface area contributed by atoms with Gasteiger partial charge < -0.3 is 10.1 Å². The van der Waals surface area contributed by atoms with E-state index in [9.17, 15) is 4.79 Å². The van der Waals surface area contributed by atoms with E-state index >= 15 is 0 Å². The topological polar surface area (TPSA) is 64.1 Å². The monoisotopic (exact) mass is 387 g/mol. The molecule has 136 valence electrons. The molecule has 26 heavy (non-hydrogen) atoms. The van der Waals surface area contributed by atoms with Gasteiger partial charge in [-0.3, -0.25) is 4.79 Å². The number of carbonyl (C=O) groups is 1. The largest absolute Gasteiger partial charge is 0.466 e. The SMILES string of the molecule is CC(C)Oc1nnc(SCC(=O)NC(C)c2cccc3ccccc23)s1. The molecular weight excluding hydrogens is 366 g/mol. The van der Waals surface area contributed by atoms with Gasteiger partial charge in [0.1, 0.15) is 0 Å². The zero-order valence-electron chi connectivity index (χ0n) is 14.9. The van der Waals surface area contributed by atoms with Crippen molar-refractivity contribution in [2.75, 3.05) is 5.75 Å². The van der Waals surface area contributed by atoms with Crippen LogP contribution in [0.4, 0.5) is 0 Å². The summed E-state index contributed by atoms with van der Waals surface area (Å²) in [7, 11) is 0. The van der Waals surface area contributed by atoms with Crippen LogP contribution in [-0.4, -0.2) is 28.0 Å². The van der Waals surface area contributed by atoms with Crippen molar-refractivity contribution >= 4 is 39.8 Å². The maximum Gasteiger partial charge on any atom is 0.295 e. The molecule has 0 aliphatic heterocycles. The fraction of sp³-hybridized carbons (Fsp3) is 0.316. The first-order valence-corrected chi connectivity index (χ1v) is 10.2. The highest BCUT2D eigenvalue weighted by atomic mass is 32.2. The third kappa shape index (κ3) is 4.74. The Morgan fingerprint density at radius 3 is 2.73 bits per heavy atom. The third-order valence-corrected chi connectivity index (χ3v) is 5.67. The maximum atomic E-state index is 12.3. The number of fused-ring (bicyclic) bond motifs is 1. The fourth-order valence-electron chi connectivity index (χ4n) is 2.62. The van der Waals surface area contributed by atoms with Crippen molar-refractivity contribution in [3.05, 3.63) is 48.0 Å². The van der Waals surface area contributed by atoms with E-state index in [1.807, 2.05) is 39.0 Å². The van der Waals surface area contributed by atoms with Crippen LogP contribution in [0, 0.1) is 0 Å². The van der Waals surface area contributed by atoms with Gasteiger partial charge in [0.15, 0.2) is 4.34 Å². The Hall–Kier alpha value is -2.12. The van der Waals surface area contributed by atoms with Crippen LogP contribution in [0.25, 0.3) is 10.8 Å². The molecule has 0 fully saturated rings. The van der Waals surface area contributed by atoms with Crippen LogP contribution >= 0.6 is 23.1 Å². The zero-order chi connectivity index (χ0) is 18.5. The number of benzene rings is 2. The van der Waals surface area contributed by atoms with Gasteiger partial charge in [-0.05, 0) is 48.4 Å². The van der Waals surface area contributed by atoms with Gasteiger partial charge in [0, 0.05) is 0 Å². The van der Waals surface area contributed by atoms with Gasteiger partial charge in [0.25, 0.3) is 5.19 Å². The minimum Gasteiger partial charge on any atom is -0.466 e. The summed E-state index contributed by atoms with van der Waals surface area (Å²) in [6.07, 6.45) is 0.0608.